The Bertz CT molecular complexity index is 473. The fraction of sp³-hybridized carbons (Fsp3) is 0.182. The second kappa shape index (κ2) is 4.76. The maximum absolute atomic E-state index is 6.04. The number of aryl methyl sites for hydroxylation is 1. The standard InChI is InChI=1S/C11H11Cl2N3/c1-16-6-5-14-10(16)7-15-11-8(12)3-2-4-9(11)13/h2-6,15H,7H2,1H3. The topological polar surface area (TPSA) is 29.9 Å². The molecular formula is C11H11Cl2N3. The third-order valence-corrected chi connectivity index (χ3v) is 2.94. The van der Waals surface area contributed by atoms with E-state index in [4.69, 9.17) is 23.2 Å². The van der Waals surface area contributed by atoms with Crippen LogP contribution in [0, 0.1) is 0 Å². The Morgan fingerprint density at radius 3 is 2.56 bits per heavy atom. The van der Waals surface area contributed by atoms with Crippen molar-refractivity contribution in [3.63, 3.8) is 0 Å². The summed E-state index contributed by atoms with van der Waals surface area (Å²) in [6.07, 6.45) is 3.65. The molecule has 84 valence electrons. The Labute approximate surface area is 104 Å². The Hall–Kier alpha value is -1.19. The molecule has 0 bridgehead atoms. The second-order valence-corrected chi connectivity index (χ2v) is 4.22. The van der Waals surface area contributed by atoms with E-state index in [0.717, 1.165) is 11.5 Å². The molecule has 0 atom stereocenters. The van der Waals surface area contributed by atoms with Crippen LogP contribution < -0.4 is 5.32 Å². The molecule has 0 aliphatic rings. The van der Waals surface area contributed by atoms with Crippen molar-refractivity contribution in [1.82, 2.24) is 9.55 Å². The number of nitrogens with zero attached hydrogens (tertiary/aromatic N) is 2. The van der Waals surface area contributed by atoms with Gasteiger partial charge in [-0.2, -0.15) is 0 Å². The minimum atomic E-state index is 0.590. The van der Waals surface area contributed by atoms with Crippen molar-refractivity contribution in [2.45, 2.75) is 6.54 Å². The van der Waals surface area contributed by atoms with Crippen LogP contribution in [0.2, 0.25) is 10.0 Å². The first kappa shape index (κ1) is 11.3. The lowest BCUT2D eigenvalue weighted by Crippen LogP contribution is -2.06. The molecule has 0 aliphatic heterocycles. The predicted octanol–water partition coefficient (Wildman–Crippen LogP) is 3.34. The van der Waals surface area contributed by atoms with Gasteiger partial charge in [0.2, 0.25) is 0 Å². The van der Waals surface area contributed by atoms with Gasteiger partial charge in [0.15, 0.2) is 0 Å². The van der Waals surface area contributed by atoms with Gasteiger partial charge in [0.05, 0.1) is 22.3 Å². The average Bonchev–Trinajstić information content (AvgIpc) is 2.64. The highest BCUT2D eigenvalue weighted by molar-refractivity contribution is 6.39. The number of hydrogen-bond acceptors (Lipinski definition) is 2. The molecule has 0 fully saturated rings. The summed E-state index contributed by atoms with van der Waals surface area (Å²) in [6, 6.07) is 5.42. The lowest BCUT2D eigenvalue weighted by atomic mass is 10.3. The van der Waals surface area contributed by atoms with Crippen molar-refractivity contribution < 1.29 is 0 Å². The van der Waals surface area contributed by atoms with Crippen LogP contribution >= 0.6 is 23.2 Å². The molecule has 1 heterocycles. The summed E-state index contributed by atoms with van der Waals surface area (Å²) < 4.78 is 1.94. The number of anilines is 1. The smallest absolute Gasteiger partial charge is 0.127 e. The Kier molecular flexibility index (Phi) is 3.36. The van der Waals surface area contributed by atoms with E-state index in [2.05, 4.69) is 10.3 Å². The summed E-state index contributed by atoms with van der Waals surface area (Å²) in [5, 5.41) is 4.40. The number of hydrogen-bond donors (Lipinski definition) is 1. The Morgan fingerprint density at radius 1 is 1.31 bits per heavy atom. The van der Waals surface area contributed by atoms with Crippen molar-refractivity contribution in [3.05, 3.63) is 46.5 Å². The van der Waals surface area contributed by atoms with Crippen LogP contribution in [-0.4, -0.2) is 9.55 Å². The summed E-state index contributed by atoms with van der Waals surface area (Å²) in [6.45, 7) is 0.590. The quantitative estimate of drug-likeness (QED) is 0.912. The first-order valence-electron chi connectivity index (χ1n) is 4.82. The molecular weight excluding hydrogens is 245 g/mol. The first-order chi connectivity index (χ1) is 7.68. The number of aromatic nitrogens is 2. The minimum Gasteiger partial charge on any atom is -0.375 e. The Balaban J connectivity index is 2.14. The molecule has 5 heteroatoms. The van der Waals surface area contributed by atoms with E-state index in [9.17, 15) is 0 Å². The van der Waals surface area contributed by atoms with E-state index in [1.807, 2.05) is 23.9 Å². The molecule has 2 aromatic rings. The largest absolute Gasteiger partial charge is 0.375 e. The normalized spacial score (nSPS) is 10.4. The van der Waals surface area contributed by atoms with Crippen LogP contribution in [0.1, 0.15) is 5.82 Å². The zero-order chi connectivity index (χ0) is 11.5. The van der Waals surface area contributed by atoms with Crippen LogP contribution in [0.5, 0.6) is 0 Å². The van der Waals surface area contributed by atoms with E-state index >= 15 is 0 Å². The third kappa shape index (κ3) is 2.31. The summed E-state index contributed by atoms with van der Waals surface area (Å²) in [5.41, 5.74) is 0.744. The lowest BCUT2D eigenvalue weighted by Gasteiger charge is -2.09. The van der Waals surface area contributed by atoms with Crippen molar-refractivity contribution in [2.24, 2.45) is 7.05 Å². The van der Waals surface area contributed by atoms with Crippen molar-refractivity contribution in [1.29, 1.82) is 0 Å². The highest BCUT2D eigenvalue weighted by atomic mass is 35.5. The monoisotopic (exact) mass is 255 g/mol. The highest BCUT2D eigenvalue weighted by Gasteiger charge is 2.05. The average molecular weight is 256 g/mol. The molecule has 0 aliphatic carbocycles. The number of imidazole rings is 1. The van der Waals surface area contributed by atoms with E-state index in [-0.39, 0.29) is 0 Å². The Morgan fingerprint density at radius 2 is 2.00 bits per heavy atom. The van der Waals surface area contributed by atoms with E-state index in [1.165, 1.54) is 0 Å². The number of para-hydroxylation sites is 1. The molecule has 0 radical (unpaired) electrons. The molecule has 1 aromatic heterocycles. The summed E-state index contributed by atoms with van der Waals surface area (Å²) >= 11 is 12.1. The minimum absolute atomic E-state index is 0.590. The van der Waals surface area contributed by atoms with Gasteiger partial charge in [0, 0.05) is 19.4 Å². The van der Waals surface area contributed by atoms with Gasteiger partial charge in [-0.15, -0.1) is 0 Å². The predicted molar refractivity (Wildman–Crippen MR) is 67.0 cm³/mol. The first-order valence-corrected chi connectivity index (χ1v) is 5.58. The van der Waals surface area contributed by atoms with Crippen LogP contribution in [0.3, 0.4) is 0 Å². The van der Waals surface area contributed by atoms with Gasteiger partial charge < -0.3 is 9.88 Å². The van der Waals surface area contributed by atoms with Gasteiger partial charge in [0.1, 0.15) is 5.82 Å². The fourth-order valence-corrected chi connectivity index (χ4v) is 1.93. The molecule has 3 nitrogen and oxygen atoms in total. The summed E-state index contributed by atoms with van der Waals surface area (Å²) in [7, 11) is 1.94. The number of halogens is 2. The maximum Gasteiger partial charge on any atom is 0.127 e. The van der Waals surface area contributed by atoms with E-state index in [1.54, 1.807) is 18.3 Å². The molecule has 0 spiro atoms. The van der Waals surface area contributed by atoms with Gasteiger partial charge >= 0.3 is 0 Å². The van der Waals surface area contributed by atoms with Crippen LogP contribution in [0.25, 0.3) is 0 Å². The van der Waals surface area contributed by atoms with Gasteiger partial charge in [-0.05, 0) is 12.1 Å². The SMILES string of the molecule is Cn1ccnc1CNc1c(Cl)cccc1Cl. The van der Waals surface area contributed by atoms with Crippen LogP contribution in [0.4, 0.5) is 5.69 Å². The molecule has 0 saturated carbocycles. The second-order valence-electron chi connectivity index (χ2n) is 3.40. The molecule has 0 amide bonds. The zero-order valence-electron chi connectivity index (χ0n) is 8.74. The van der Waals surface area contributed by atoms with Gasteiger partial charge in [0.25, 0.3) is 0 Å². The molecule has 16 heavy (non-hydrogen) atoms. The summed E-state index contributed by atoms with van der Waals surface area (Å²) in [4.78, 5) is 4.20. The highest BCUT2D eigenvalue weighted by Crippen LogP contribution is 2.29. The molecule has 1 N–H and O–H groups in total. The van der Waals surface area contributed by atoms with Gasteiger partial charge in [-0.3, -0.25) is 0 Å². The van der Waals surface area contributed by atoms with Crippen molar-refractivity contribution >= 4 is 28.9 Å². The van der Waals surface area contributed by atoms with Gasteiger partial charge in [-0.25, -0.2) is 4.98 Å². The summed E-state index contributed by atoms with van der Waals surface area (Å²) in [5.74, 6) is 0.927. The lowest BCUT2D eigenvalue weighted by molar-refractivity contribution is 0.813. The van der Waals surface area contributed by atoms with Crippen LogP contribution in [-0.2, 0) is 13.6 Å². The maximum atomic E-state index is 6.04. The third-order valence-electron chi connectivity index (χ3n) is 2.31. The molecule has 1 aromatic carbocycles. The molecule has 0 saturated heterocycles. The zero-order valence-corrected chi connectivity index (χ0v) is 10.3. The number of rotatable bonds is 3. The van der Waals surface area contributed by atoms with Crippen LogP contribution in [0.15, 0.2) is 30.6 Å². The van der Waals surface area contributed by atoms with E-state index < -0.39 is 0 Å². The van der Waals surface area contributed by atoms with Crippen molar-refractivity contribution in [3.8, 4) is 0 Å². The number of benzene rings is 1. The molecule has 2 rings (SSSR count). The molecule has 0 unspecified atom stereocenters. The van der Waals surface area contributed by atoms with E-state index in [0.29, 0.717) is 16.6 Å². The fourth-order valence-electron chi connectivity index (χ4n) is 1.40. The van der Waals surface area contributed by atoms with Crippen molar-refractivity contribution in [2.75, 3.05) is 5.32 Å². The number of nitrogens with one attached hydrogen (secondary N) is 1. The van der Waals surface area contributed by atoms with Gasteiger partial charge in [-0.1, -0.05) is 29.3 Å².